The zero-order chi connectivity index (χ0) is 15.2. The molecule has 112 valence electrons. The van der Waals surface area contributed by atoms with E-state index in [-0.39, 0.29) is 12.0 Å². The molecule has 2 aromatic rings. The molecule has 2 aromatic carbocycles. The van der Waals surface area contributed by atoms with Gasteiger partial charge < -0.3 is 5.73 Å². The van der Waals surface area contributed by atoms with Gasteiger partial charge in [0.2, 0.25) is 0 Å². The second kappa shape index (κ2) is 7.32. The average molecular weight is 289 g/mol. The van der Waals surface area contributed by atoms with Crippen LogP contribution in [0.25, 0.3) is 0 Å². The van der Waals surface area contributed by atoms with Gasteiger partial charge in [0.15, 0.2) is 0 Å². The first kappa shape index (κ1) is 15.6. The van der Waals surface area contributed by atoms with Crippen molar-refractivity contribution < 1.29 is 8.78 Å². The fourth-order valence-electron chi connectivity index (χ4n) is 2.38. The first-order valence-corrected chi connectivity index (χ1v) is 7.39. The summed E-state index contributed by atoms with van der Waals surface area (Å²) in [7, 11) is 0. The third-order valence-electron chi connectivity index (χ3n) is 3.71. The third kappa shape index (κ3) is 4.11. The highest BCUT2D eigenvalue weighted by atomic mass is 19.1. The Morgan fingerprint density at radius 3 is 2.19 bits per heavy atom. The van der Waals surface area contributed by atoms with E-state index in [2.05, 4.69) is 6.92 Å². The van der Waals surface area contributed by atoms with E-state index in [4.69, 9.17) is 5.73 Å². The second-order valence-electron chi connectivity index (χ2n) is 5.36. The van der Waals surface area contributed by atoms with Crippen LogP contribution in [0.5, 0.6) is 0 Å². The van der Waals surface area contributed by atoms with Crippen molar-refractivity contribution in [3.05, 3.63) is 70.8 Å². The number of benzene rings is 2. The second-order valence-corrected chi connectivity index (χ2v) is 5.36. The van der Waals surface area contributed by atoms with Crippen molar-refractivity contribution in [3.63, 3.8) is 0 Å². The van der Waals surface area contributed by atoms with Crippen LogP contribution in [-0.4, -0.2) is 0 Å². The summed E-state index contributed by atoms with van der Waals surface area (Å²) in [6.07, 6.45) is 3.53. The van der Waals surface area contributed by atoms with E-state index in [9.17, 15) is 8.78 Å². The Morgan fingerprint density at radius 1 is 1.00 bits per heavy atom. The third-order valence-corrected chi connectivity index (χ3v) is 3.71. The van der Waals surface area contributed by atoms with Gasteiger partial charge in [-0.05, 0) is 42.5 Å². The van der Waals surface area contributed by atoms with Crippen molar-refractivity contribution >= 4 is 0 Å². The molecule has 2 rings (SSSR count). The number of halogens is 2. The van der Waals surface area contributed by atoms with E-state index >= 15 is 0 Å². The Hall–Kier alpha value is -1.74. The summed E-state index contributed by atoms with van der Waals surface area (Å²) in [5.74, 6) is -1.07. The Kier molecular flexibility index (Phi) is 5.45. The number of aryl methyl sites for hydroxylation is 1. The van der Waals surface area contributed by atoms with Gasteiger partial charge in [-0.2, -0.15) is 0 Å². The van der Waals surface area contributed by atoms with Crippen LogP contribution in [0.3, 0.4) is 0 Å². The van der Waals surface area contributed by atoms with E-state index < -0.39 is 17.7 Å². The molecule has 21 heavy (non-hydrogen) atoms. The SMILES string of the molecule is CCCCc1ccc(C(N)Cc2c(F)cccc2F)cc1. The van der Waals surface area contributed by atoms with Gasteiger partial charge in [-0.25, -0.2) is 8.78 Å². The van der Waals surface area contributed by atoms with Gasteiger partial charge in [-0.1, -0.05) is 43.7 Å². The lowest BCUT2D eigenvalue weighted by atomic mass is 9.97. The van der Waals surface area contributed by atoms with Crippen molar-refractivity contribution in [1.29, 1.82) is 0 Å². The molecule has 1 nitrogen and oxygen atoms in total. The fourth-order valence-corrected chi connectivity index (χ4v) is 2.38. The van der Waals surface area contributed by atoms with E-state index in [1.165, 1.54) is 23.8 Å². The lowest BCUT2D eigenvalue weighted by Gasteiger charge is -2.14. The molecule has 0 amide bonds. The molecule has 0 aliphatic carbocycles. The van der Waals surface area contributed by atoms with Crippen LogP contribution in [0.4, 0.5) is 8.78 Å². The summed E-state index contributed by atoms with van der Waals surface area (Å²) in [6, 6.07) is 11.5. The molecule has 1 atom stereocenters. The molecule has 0 bridgehead atoms. The Bertz CT molecular complexity index is 558. The average Bonchev–Trinajstić information content (AvgIpc) is 2.49. The lowest BCUT2D eigenvalue weighted by Crippen LogP contribution is -2.15. The van der Waals surface area contributed by atoms with Gasteiger partial charge in [0.05, 0.1) is 0 Å². The van der Waals surface area contributed by atoms with Gasteiger partial charge in [-0.3, -0.25) is 0 Å². The van der Waals surface area contributed by atoms with E-state index in [1.54, 1.807) is 0 Å². The van der Waals surface area contributed by atoms with Gasteiger partial charge in [-0.15, -0.1) is 0 Å². The van der Waals surface area contributed by atoms with Crippen LogP contribution in [0.1, 0.15) is 42.5 Å². The predicted molar refractivity (Wildman–Crippen MR) is 82.0 cm³/mol. The number of nitrogens with two attached hydrogens (primary N) is 1. The maximum atomic E-state index is 13.6. The van der Waals surface area contributed by atoms with Crippen LogP contribution in [-0.2, 0) is 12.8 Å². The Morgan fingerprint density at radius 2 is 1.62 bits per heavy atom. The molecular formula is C18H21F2N. The number of unbranched alkanes of at least 4 members (excludes halogenated alkanes) is 1. The maximum absolute atomic E-state index is 13.6. The van der Waals surface area contributed by atoms with Crippen molar-refractivity contribution in [2.45, 2.75) is 38.6 Å². The molecule has 0 aliphatic rings. The van der Waals surface area contributed by atoms with Crippen molar-refractivity contribution in [1.82, 2.24) is 0 Å². The van der Waals surface area contributed by atoms with Crippen LogP contribution in [0.15, 0.2) is 42.5 Å². The standard InChI is InChI=1S/C18H21F2N/c1-2-3-5-13-8-10-14(11-9-13)18(21)12-15-16(19)6-4-7-17(15)20/h4,6-11,18H,2-3,5,12,21H2,1H3. The van der Waals surface area contributed by atoms with Gasteiger partial charge >= 0.3 is 0 Å². The molecular weight excluding hydrogens is 268 g/mol. The summed E-state index contributed by atoms with van der Waals surface area (Å²) < 4.78 is 27.3. The summed E-state index contributed by atoms with van der Waals surface area (Å²) in [5, 5.41) is 0. The molecule has 0 heterocycles. The summed E-state index contributed by atoms with van der Waals surface area (Å²) >= 11 is 0. The highest BCUT2D eigenvalue weighted by Gasteiger charge is 2.14. The minimum Gasteiger partial charge on any atom is -0.324 e. The van der Waals surface area contributed by atoms with Crippen LogP contribution in [0.2, 0.25) is 0 Å². The zero-order valence-corrected chi connectivity index (χ0v) is 12.3. The van der Waals surface area contributed by atoms with Crippen LogP contribution in [0, 0.1) is 11.6 Å². The largest absolute Gasteiger partial charge is 0.324 e. The molecule has 1 unspecified atom stereocenters. The quantitative estimate of drug-likeness (QED) is 0.829. The normalized spacial score (nSPS) is 12.4. The zero-order valence-electron chi connectivity index (χ0n) is 12.3. The summed E-state index contributed by atoms with van der Waals surface area (Å²) in [4.78, 5) is 0. The van der Waals surface area contributed by atoms with E-state index in [0.717, 1.165) is 24.8 Å². The van der Waals surface area contributed by atoms with E-state index in [1.807, 2.05) is 24.3 Å². The Balaban J connectivity index is 2.08. The maximum Gasteiger partial charge on any atom is 0.129 e. The molecule has 0 radical (unpaired) electrons. The number of hydrogen-bond acceptors (Lipinski definition) is 1. The molecule has 0 fully saturated rings. The van der Waals surface area contributed by atoms with Crippen LogP contribution >= 0.6 is 0 Å². The molecule has 0 spiro atoms. The molecule has 0 aromatic heterocycles. The molecule has 3 heteroatoms. The first-order valence-electron chi connectivity index (χ1n) is 7.39. The number of hydrogen-bond donors (Lipinski definition) is 1. The minimum absolute atomic E-state index is 0.0556. The highest BCUT2D eigenvalue weighted by Crippen LogP contribution is 2.21. The highest BCUT2D eigenvalue weighted by molar-refractivity contribution is 5.28. The minimum atomic E-state index is -0.537. The Labute approximate surface area is 124 Å². The molecule has 2 N–H and O–H groups in total. The molecule has 0 aliphatic heterocycles. The van der Waals surface area contributed by atoms with Gasteiger partial charge in [0.1, 0.15) is 11.6 Å². The van der Waals surface area contributed by atoms with E-state index in [0.29, 0.717) is 0 Å². The fraction of sp³-hybridized carbons (Fsp3) is 0.333. The summed E-state index contributed by atoms with van der Waals surface area (Å²) in [5.41, 5.74) is 8.31. The van der Waals surface area contributed by atoms with Gasteiger partial charge in [0, 0.05) is 11.6 Å². The topological polar surface area (TPSA) is 26.0 Å². The van der Waals surface area contributed by atoms with Crippen LogP contribution < -0.4 is 5.73 Å². The van der Waals surface area contributed by atoms with Crippen molar-refractivity contribution in [2.24, 2.45) is 5.73 Å². The molecule has 0 saturated heterocycles. The van der Waals surface area contributed by atoms with Gasteiger partial charge in [0.25, 0.3) is 0 Å². The lowest BCUT2D eigenvalue weighted by molar-refractivity contribution is 0.540. The number of rotatable bonds is 6. The first-order chi connectivity index (χ1) is 10.1. The van der Waals surface area contributed by atoms with Crippen molar-refractivity contribution in [3.8, 4) is 0 Å². The predicted octanol–water partition coefficient (Wildman–Crippen LogP) is 4.55. The molecule has 0 saturated carbocycles. The summed E-state index contributed by atoms with van der Waals surface area (Å²) in [6.45, 7) is 2.16. The van der Waals surface area contributed by atoms with Crippen molar-refractivity contribution in [2.75, 3.05) is 0 Å². The monoisotopic (exact) mass is 289 g/mol. The smallest absolute Gasteiger partial charge is 0.129 e.